The second-order valence-electron chi connectivity index (χ2n) is 8.34. The molecule has 0 bridgehead atoms. The van der Waals surface area contributed by atoms with Crippen LogP contribution in [0.2, 0.25) is 0 Å². The van der Waals surface area contributed by atoms with E-state index < -0.39 is 0 Å². The lowest BCUT2D eigenvalue weighted by Crippen LogP contribution is -2.45. The molecule has 3 rings (SSSR count). The lowest BCUT2D eigenvalue weighted by molar-refractivity contribution is -0.122. The second-order valence-corrected chi connectivity index (χ2v) is 8.34. The molecule has 0 aromatic heterocycles. The minimum atomic E-state index is 0.123. The van der Waals surface area contributed by atoms with Gasteiger partial charge in [-0.3, -0.25) is 10.1 Å². The van der Waals surface area contributed by atoms with Gasteiger partial charge in [-0.25, -0.2) is 0 Å². The quantitative estimate of drug-likeness (QED) is 0.765. The highest BCUT2D eigenvalue weighted by Crippen LogP contribution is 2.41. The van der Waals surface area contributed by atoms with Crippen LogP contribution in [-0.2, 0) is 4.79 Å². The van der Waals surface area contributed by atoms with E-state index in [0.717, 1.165) is 29.6 Å². The molecule has 0 aromatic carbocycles. The number of hydrogen-bond donors (Lipinski definition) is 2. The summed E-state index contributed by atoms with van der Waals surface area (Å²) in [5, 5.41) is 6.71. The van der Waals surface area contributed by atoms with E-state index in [1.807, 2.05) is 0 Å². The van der Waals surface area contributed by atoms with Crippen LogP contribution in [0.5, 0.6) is 0 Å². The molecule has 0 spiro atoms. The molecule has 1 amide bonds. The standard InChI is InChI=1S/C18H32N2O/c1-10(2)14-8-7-13(9-15(14)11(3)4)19-18(21)17-16(20-17)12-5-6-12/h10-17,20H,5-9H2,1-4H3,(H,19,21)/t13?,14?,15?,16?,17-/m1/s1. The van der Waals surface area contributed by atoms with Crippen LogP contribution in [0.1, 0.15) is 59.8 Å². The molecule has 2 N–H and O–H groups in total. The average molecular weight is 292 g/mol. The Morgan fingerprint density at radius 1 is 1.00 bits per heavy atom. The molecule has 3 fully saturated rings. The molecule has 0 aromatic rings. The summed E-state index contributed by atoms with van der Waals surface area (Å²) in [5.74, 6) is 4.13. The van der Waals surface area contributed by atoms with Gasteiger partial charge in [0.2, 0.25) is 5.91 Å². The van der Waals surface area contributed by atoms with Crippen LogP contribution in [-0.4, -0.2) is 24.0 Å². The van der Waals surface area contributed by atoms with Crippen LogP contribution in [0.25, 0.3) is 0 Å². The van der Waals surface area contributed by atoms with Crippen molar-refractivity contribution < 1.29 is 4.79 Å². The monoisotopic (exact) mass is 292 g/mol. The maximum absolute atomic E-state index is 12.3. The highest BCUT2D eigenvalue weighted by molar-refractivity contribution is 5.86. The zero-order valence-electron chi connectivity index (χ0n) is 14.1. The van der Waals surface area contributed by atoms with Gasteiger partial charge in [-0.15, -0.1) is 0 Å². The molecule has 3 aliphatic rings. The average Bonchev–Trinajstić information content (AvgIpc) is 3.27. The Kier molecular flexibility index (Phi) is 4.31. The van der Waals surface area contributed by atoms with Crippen molar-refractivity contribution in [3.63, 3.8) is 0 Å². The molecule has 3 nitrogen and oxygen atoms in total. The van der Waals surface area contributed by atoms with Gasteiger partial charge in [0.25, 0.3) is 0 Å². The fourth-order valence-electron chi connectivity index (χ4n) is 4.50. The van der Waals surface area contributed by atoms with E-state index >= 15 is 0 Å². The first kappa shape index (κ1) is 15.3. The van der Waals surface area contributed by atoms with Crippen LogP contribution < -0.4 is 10.6 Å². The molecule has 3 heteroatoms. The Balaban J connectivity index is 1.51. The van der Waals surface area contributed by atoms with Gasteiger partial charge < -0.3 is 5.32 Å². The van der Waals surface area contributed by atoms with Gasteiger partial charge in [0.1, 0.15) is 6.04 Å². The number of carbonyl (C=O) groups is 1. The van der Waals surface area contributed by atoms with Crippen molar-refractivity contribution in [1.29, 1.82) is 0 Å². The number of amides is 1. The van der Waals surface area contributed by atoms with Crippen molar-refractivity contribution in [2.45, 2.75) is 77.9 Å². The zero-order valence-corrected chi connectivity index (χ0v) is 14.1. The second kappa shape index (κ2) is 5.91. The molecule has 4 unspecified atom stereocenters. The number of hydrogen-bond acceptors (Lipinski definition) is 2. The fraction of sp³-hybridized carbons (Fsp3) is 0.944. The van der Waals surface area contributed by atoms with E-state index in [4.69, 9.17) is 0 Å². The van der Waals surface area contributed by atoms with E-state index in [1.54, 1.807) is 0 Å². The summed E-state index contributed by atoms with van der Waals surface area (Å²) >= 11 is 0. The highest BCUT2D eigenvalue weighted by Gasteiger charge is 2.51. The Bertz CT molecular complexity index is 389. The molecule has 0 radical (unpaired) electrons. The minimum Gasteiger partial charge on any atom is -0.352 e. The Morgan fingerprint density at radius 3 is 2.24 bits per heavy atom. The molecular weight excluding hydrogens is 260 g/mol. The van der Waals surface area contributed by atoms with Gasteiger partial charge in [0.15, 0.2) is 0 Å². The molecule has 1 heterocycles. The Morgan fingerprint density at radius 2 is 1.67 bits per heavy atom. The third kappa shape index (κ3) is 3.44. The third-order valence-electron chi connectivity index (χ3n) is 6.05. The predicted octanol–water partition coefficient (Wildman–Crippen LogP) is 2.95. The van der Waals surface area contributed by atoms with E-state index in [0.29, 0.717) is 12.1 Å². The Labute approximate surface area is 129 Å². The van der Waals surface area contributed by atoms with E-state index in [1.165, 1.54) is 32.1 Å². The molecular formula is C18H32N2O. The van der Waals surface area contributed by atoms with Crippen molar-refractivity contribution in [1.82, 2.24) is 10.6 Å². The van der Waals surface area contributed by atoms with Crippen LogP contribution in [0.4, 0.5) is 0 Å². The maximum atomic E-state index is 12.3. The van der Waals surface area contributed by atoms with Crippen LogP contribution in [0.15, 0.2) is 0 Å². The third-order valence-corrected chi connectivity index (χ3v) is 6.05. The summed E-state index contributed by atoms with van der Waals surface area (Å²) in [7, 11) is 0. The first-order valence-electron chi connectivity index (χ1n) is 9.03. The van der Waals surface area contributed by atoms with Crippen LogP contribution in [0.3, 0.4) is 0 Å². The summed E-state index contributed by atoms with van der Waals surface area (Å²) in [6.07, 6.45) is 6.24. The fourth-order valence-corrected chi connectivity index (χ4v) is 4.50. The van der Waals surface area contributed by atoms with Crippen molar-refractivity contribution >= 4 is 5.91 Å². The topological polar surface area (TPSA) is 51.0 Å². The summed E-state index contributed by atoms with van der Waals surface area (Å²) in [6, 6.07) is 1.03. The first-order valence-corrected chi connectivity index (χ1v) is 9.03. The Hall–Kier alpha value is -0.570. The highest BCUT2D eigenvalue weighted by atomic mass is 16.2. The molecule has 21 heavy (non-hydrogen) atoms. The normalized spacial score (nSPS) is 39.6. The zero-order chi connectivity index (χ0) is 15.1. The molecule has 5 atom stereocenters. The number of carbonyl (C=O) groups excluding carboxylic acids is 1. The number of nitrogens with one attached hydrogen (secondary N) is 2. The summed E-state index contributed by atoms with van der Waals surface area (Å²) < 4.78 is 0. The first-order chi connectivity index (χ1) is 9.97. The molecule has 2 saturated carbocycles. The minimum absolute atomic E-state index is 0.123. The SMILES string of the molecule is CC(C)C1CCC(NC(=O)[C@@H]2NC2C2CC2)CC1C(C)C. The van der Waals surface area contributed by atoms with Crippen molar-refractivity contribution in [2.24, 2.45) is 29.6 Å². The predicted molar refractivity (Wildman–Crippen MR) is 85.9 cm³/mol. The molecule has 120 valence electrons. The van der Waals surface area contributed by atoms with E-state index in [2.05, 4.69) is 38.3 Å². The van der Waals surface area contributed by atoms with Gasteiger partial charge in [-0.05, 0) is 61.7 Å². The summed E-state index contributed by atoms with van der Waals surface area (Å²) in [5.41, 5.74) is 0. The van der Waals surface area contributed by atoms with Crippen molar-refractivity contribution in [2.75, 3.05) is 0 Å². The van der Waals surface area contributed by atoms with Crippen LogP contribution >= 0.6 is 0 Å². The van der Waals surface area contributed by atoms with Gasteiger partial charge >= 0.3 is 0 Å². The largest absolute Gasteiger partial charge is 0.352 e. The molecule has 2 aliphatic carbocycles. The van der Waals surface area contributed by atoms with Crippen molar-refractivity contribution in [3.05, 3.63) is 0 Å². The van der Waals surface area contributed by atoms with Gasteiger partial charge in [-0.1, -0.05) is 27.7 Å². The number of rotatable bonds is 5. The lowest BCUT2D eigenvalue weighted by atomic mass is 9.67. The van der Waals surface area contributed by atoms with Gasteiger partial charge in [0, 0.05) is 12.1 Å². The van der Waals surface area contributed by atoms with Gasteiger partial charge in [-0.2, -0.15) is 0 Å². The molecule has 1 saturated heterocycles. The van der Waals surface area contributed by atoms with Crippen LogP contribution in [0, 0.1) is 29.6 Å². The lowest BCUT2D eigenvalue weighted by Gasteiger charge is -2.41. The van der Waals surface area contributed by atoms with Crippen molar-refractivity contribution in [3.8, 4) is 0 Å². The van der Waals surface area contributed by atoms with E-state index in [9.17, 15) is 4.79 Å². The summed E-state index contributed by atoms with van der Waals surface area (Å²) in [6.45, 7) is 9.40. The van der Waals surface area contributed by atoms with Gasteiger partial charge in [0.05, 0.1) is 0 Å². The summed E-state index contributed by atoms with van der Waals surface area (Å²) in [4.78, 5) is 12.3. The van der Waals surface area contributed by atoms with E-state index in [-0.39, 0.29) is 11.9 Å². The molecule has 1 aliphatic heterocycles. The smallest absolute Gasteiger partial charge is 0.238 e. The maximum Gasteiger partial charge on any atom is 0.238 e.